The third-order valence-corrected chi connectivity index (χ3v) is 6.30. The molecule has 1 amide bonds. The quantitative estimate of drug-likeness (QED) is 0.364. The lowest BCUT2D eigenvalue weighted by Gasteiger charge is -2.14. The number of carbonyl (C=O) groups is 1. The second-order valence-electron chi connectivity index (χ2n) is 7.72. The summed E-state index contributed by atoms with van der Waals surface area (Å²) in [6, 6.07) is 14.9. The van der Waals surface area contributed by atoms with Gasteiger partial charge in [-0.25, -0.2) is 23.9 Å². The van der Waals surface area contributed by atoms with E-state index in [1.807, 2.05) is 42.8 Å². The molecule has 11 heteroatoms. The number of imidazole rings is 1. The Morgan fingerprint density at radius 2 is 1.91 bits per heavy atom. The monoisotopic (exact) mass is 477 g/mol. The summed E-state index contributed by atoms with van der Waals surface area (Å²) in [7, 11) is 1.91. The van der Waals surface area contributed by atoms with Crippen LogP contribution in [0.3, 0.4) is 0 Å². The van der Waals surface area contributed by atoms with Crippen LogP contribution in [0.25, 0.3) is 28.1 Å². The Kier molecular flexibility index (Phi) is 5.62. The molecule has 1 atom stereocenters. The van der Waals surface area contributed by atoms with Gasteiger partial charge >= 0.3 is 0 Å². The van der Waals surface area contributed by atoms with Crippen molar-refractivity contribution in [2.24, 2.45) is 7.05 Å². The number of carbonyl (C=O) groups excluding carboxylic acids is 1. The van der Waals surface area contributed by atoms with Gasteiger partial charge in [-0.3, -0.25) is 14.7 Å². The van der Waals surface area contributed by atoms with Crippen LogP contribution in [0.2, 0.25) is 0 Å². The van der Waals surface area contributed by atoms with E-state index in [1.165, 1.54) is 16.6 Å². The van der Waals surface area contributed by atoms with Gasteiger partial charge in [0.1, 0.15) is 11.6 Å². The molecule has 0 spiro atoms. The van der Waals surface area contributed by atoms with Crippen LogP contribution < -0.4 is 10.9 Å². The van der Waals surface area contributed by atoms with Gasteiger partial charge in [0.05, 0.1) is 28.4 Å². The predicted octanol–water partition coefficient (Wildman–Crippen LogP) is 3.08. The zero-order valence-electron chi connectivity index (χ0n) is 18.3. The van der Waals surface area contributed by atoms with Gasteiger partial charge in [0.15, 0.2) is 16.6 Å². The zero-order valence-corrected chi connectivity index (χ0v) is 19.1. The highest BCUT2D eigenvalue weighted by Gasteiger charge is 2.18. The van der Waals surface area contributed by atoms with Gasteiger partial charge in [-0.2, -0.15) is 0 Å². The predicted molar refractivity (Wildman–Crippen MR) is 127 cm³/mol. The molecule has 3 heterocycles. The fraction of sp³-hybridized carbons (Fsp3) is 0.174. The third kappa shape index (κ3) is 4.05. The molecule has 172 valence electrons. The first-order valence-corrected chi connectivity index (χ1v) is 11.5. The van der Waals surface area contributed by atoms with Crippen LogP contribution in [0.4, 0.5) is 4.39 Å². The average molecular weight is 478 g/mol. The van der Waals surface area contributed by atoms with E-state index in [0.717, 1.165) is 28.6 Å². The number of aromatic nitrogens is 6. The van der Waals surface area contributed by atoms with Crippen molar-refractivity contribution in [2.75, 3.05) is 5.75 Å². The minimum atomic E-state index is -0.477. The van der Waals surface area contributed by atoms with Gasteiger partial charge < -0.3 is 9.88 Å². The van der Waals surface area contributed by atoms with Crippen molar-refractivity contribution in [3.63, 3.8) is 0 Å². The largest absolute Gasteiger partial charge is 0.346 e. The number of thioether (sulfide) groups is 1. The van der Waals surface area contributed by atoms with E-state index in [9.17, 15) is 14.0 Å². The molecule has 0 saturated heterocycles. The topological polar surface area (TPSA) is 110 Å². The summed E-state index contributed by atoms with van der Waals surface area (Å²) in [5.74, 6) is 0.179. The van der Waals surface area contributed by atoms with E-state index in [2.05, 4.69) is 25.4 Å². The molecule has 9 nitrogen and oxygen atoms in total. The first-order valence-electron chi connectivity index (χ1n) is 10.5. The van der Waals surface area contributed by atoms with E-state index >= 15 is 0 Å². The Hall–Kier alpha value is -3.99. The fourth-order valence-corrected chi connectivity index (χ4v) is 4.54. The van der Waals surface area contributed by atoms with Gasteiger partial charge in [0.2, 0.25) is 5.91 Å². The van der Waals surface area contributed by atoms with Crippen LogP contribution in [0.5, 0.6) is 0 Å². The van der Waals surface area contributed by atoms with Crippen molar-refractivity contribution >= 4 is 34.3 Å². The van der Waals surface area contributed by atoms with E-state index in [1.54, 1.807) is 18.2 Å². The zero-order chi connectivity index (χ0) is 23.8. The molecule has 0 aliphatic heterocycles. The summed E-state index contributed by atoms with van der Waals surface area (Å²) in [5.41, 5.74) is 1.96. The maximum absolute atomic E-state index is 14.3. The van der Waals surface area contributed by atoms with Gasteiger partial charge in [0.25, 0.3) is 5.56 Å². The molecule has 0 saturated carbocycles. The van der Waals surface area contributed by atoms with Crippen molar-refractivity contribution in [1.82, 2.24) is 34.4 Å². The lowest BCUT2D eigenvalue weighted by Crippen LogP contribution is -2.30. The van der Waals surface area contributed by atoms with Crippen molar-refractivity contribution in [3.8, 4) is 11.4 Å². The molecule has 0 aliphatic carbocycles. The normalized spacial score (nSPS) is 12.3. The van der Waals surface area contributed by atoms with Crippen LogP contribution in [-0.2, 0) is 11.8 Å². The smallest absolute Gasteiger partial charge is 0.266 e. The standard InChI is InChI=1S/C23H20FN7O2S/c1-13(22-26-16-9-5-6-10-17(16)30(22)2)25-20(33)12-34-23-28-21(14-7-3-4-8-15(14)24)27-18-11-19(32)29-31(18)23/h3-11,13H,12H2,1-2H3,(H,25,33)(H,29,32)/t13-/m1/s1. The average Bonchev–Trinajstić information content (AvgIpc) is 3.37. The van der Waals surface area contributed by atoms with E-state index in [-0.39, 0.29) is 40.3 Å². The number of H-pyrrole nitrogens is 1. The minimum absolute atomic E-state index is 0.0251. The van der Waals surface area contributed by atoms with Gasteiger partial charge in [-0.05, 0) is 31.2 Å². The molecule has 2 aromatic carbocycles. The summed E-state index contributed by atoms with van der Waals surface area (Å²) in [6.45, 7) is 1.87. The van der Waals surface area contributed by atoms with Crippen LogP contribution in [0, 0.1) is 5.82 Å². The molecule has 0 radical (unpaired) electrons. The van der Waals surface area contributed by atoms with Crippen molar-refractivity contribution in [1.29, 1.82) is 0 Å². The molecule has 5 rings (SSSR count). The molecule has 0 aliphatic rings. The van der Waals surface area contributed by atoms with Gasteiger partial charge in [-0.1, -0.05) is 36.0 Å². The number of aryl methyl sites for hydroxylation is 1. The Labute approximate surface area is 197 Å². The molecule has 2 N–H and O–H groups in total. The summed E-state index contributed by atoms with van der Waals surface area (Å²) in [4.78, 5) is 37.9. The Bertz CT molecular complexity index is 1590. The number of rotatable bonds is 6. The summed E-state index contributed by atoms with van der Waals surface area (Å²) in [5, 5.41) is 5.87. The summed E-state index contributed by atoms with van der Waals surface area (Å²) in [6.07, 6.45) is 0. The molecule has 3 aromatic heterocycles. The van der Waals surface area contributed by atoms with Crippen LogP contribution in [0.15, 0.2) is 64.5 Å². The number of nitrogens with one attached hydrogen (secondary N) is 2. The molecule has 0 fully saturated rings. The third-order valence-electron chi connectivity index (χ3n) is 5.36. The second-order valence-corrected chi connectivity index (χ2v) is 8.66. The fourth-order valence-electron chi connectivity index (χ4n) is 3.77. The van der Waals surface area contributed by atoms with Gasteiger partial charge in [0, 0.05) is 13.1 Å². The lowest BCUT2D eigenvalue weighted by atomic mass is 10.2. The Balaban J connectivity index is 1.37. The molecule has 34 heavy (non-hydrogen) atoms. The second kappa shape index (κ2) is 8.75. The summed E-state index contributed by atoms with van der Waals surface area (Å²) < 4.78 is 17.6. The van der Waals surface area contributed by atoms with Crippen LogP contribution in [-0.4, -0.2) is 40.8 Å². The van der Waals surface area contributed by atoms with E-state index in [4.69, 9.17) is 0 Å². The number of benzene rings is 2. The molecule has 5 aromatic rings. The number of hydrogen-bond donors (Lipinski definition) is 2. The van der Waals surface area contributed by atoms with Crippen molar-refractivity contribution in [3.05, 3.63) is 76.6 Å². The highest BCUT2D eigenvalue weighted by molar-refractivity contribution is 7.99. The Morgan fingerprint density at radius 1 is 1.15 bits per heavy atom. The van der Waals surface area contributed by atoms with E-state index in [0.29, 0.717) is 5.16 Å². The first-order chi connectivity index (χ1) is 16.4. The van der Waals surface area contributed by atoms with Crippen LogP contribution in [0.1, 0.15) is 18.8 Å². The lowest BCUT2D eigenvalue weighted by molar-refractivity contribution is -0.119. The maximum Gasteiger partial charge on any atom is 0.266 e. The highest BCUT2D eigenvalue weighted by Crippen LogP contribution is 2.24. The number of hydrogen-bond acceptors (Lipinski definition) is 6. The number of halogens is 1. The number of nitrogens with zero attached hydrogens (tertiary/aromatic N) is 5. The Morgan fingerprint density at radius 3 is 2.71 bits per heavy atom. The molecule has 0 unspecified atom stereocenters. The maximum atomic E-state index is 14.3. The number of para-hydroxylation sites is 2. The van der Waals surface area contributed by atoms with Gasteiger partial charge in [-0.15, -0.1) is 0 Å². The van der Waals surface area contributed by atoms with Crippen molar-refractivity contribution < 1.29 is 9.18 Å². The van der Waals surface area contributed by atoms with E-state index < -0.39 is 5.82 Å². The first kappa shape index (κ1) is 21.8. The number of fused-ring (bicyclic) bond motifs is 2. The summed E-state index contributed by atoms with van der Waals surface area (Å²) >= 11 is 1.11. The SMILES string of the molecule is C[C@@H](NC(=O)CSc1nc(-c2ccccc2F)nc2cc(=O)[nH]n12)c1nc2ccccc2n1C. The number of aromatic amines is 1. The molecule has 0 bridgehead atoms. The molecular weight excluding hydrogens is 457 g/mol. The molecular formula is C23H20FN7O2S. The number of amides is 1. The van der Waals surface area contributed by atoms with Crippen LogP contribution >= 0.6 is 11.8 Å². The highest BCUT2D eigenvalue weighted by atomic mass is 32.2. The van der Waals surface area contributed by atoms with Crippen molar-refractivity contribution in [2.45, 2.75) is 18.1 Å². The minimum Gasteiger partial charge on any atom is -0.346 e.